The summed E-state index contributed by atoms with van der Waals surface area (Å²) >= 11 is 0. The monoisotopic (exact) mass is 252 g/mol. The van der Waals surface area contributed by atoms with Gasteiger partial charge in [-0.05, 0) is 37.3 Å². The Labute approximate surface area is 104 Å². The van der Waals surface area contributed by atoms with E-state index < -0.39 is 23.1 Å². The summed E-state index contributed by atoms with van der Waals surface area (Å²) in [5.41, 5.74) is 4.69. The van der Waals surface area contributed by atoms with E-state index in [9.17, 15) is 13.6 Å². The third kappa shape index (κ3) is 1.57. The minimum atomic E-state index is -0.942. The van der Waals surface area contributed by atoms with Gasteiger partial charge in [-0.3, -0.25) is 4.79 Å². The van der Waals surface area contributed by atoms with E-state index in [2.05, 4.69) is 0 Å². The van der Waals surface area contributed by atoms with E-state index in [1.54, 1.807) is 4.90 Å². The molecule has 0 aromatic heterocycles. The molecule has 1 amide bonds. The topological polar surface area (TPSA) is 46.3 Å². The zero-order valence-electron chi connectivity index (χ0n) is 9.83. The zero-order chi connectivity index (χ0) is 12.9. The number of nitrogen functional groups attached to an aromatic ring is 1. The van der Waals surface area contributed by atoms with Crippen molar-refractivity contribution in [2.24, 2.45) is 5.92 Å². The fourth-order valence-electron chi connectivity index (χ4n) is 3.08. The van der Waals surface area contributed by atoms with E-state index in [1.807, 2.05) is 0 Å². The maximum absolute atomic E-state index is 13.8. The Morgan fingerprint density at radius 1 is 1.33 bits per heavy atom. The predicted molar refractivity (Wildman–Crippen MR) is 62.9 cm³/mol. The number of nitrogens with two attached hydrogens (primary N) is 1. The lowest BCUT2D eigenvalue weighted by atomic mass is 10.1. The van der Waals surface area contributed by atoms with Gasteiger partial charge in [-0.15, -0.1) is 0 Å². The Morgan fingerprint density at radius 3 is 2.72 bits per heavy atom. The van der Waals surface area contributed by atoms with Gasteiger partial charge < -0.3 is 10.6 Å². The minimum absolute atomic E-state index is 0.141. The molecule has 0 radical (unpaired) electrons. The lowest BCUT2D eigenvalue weighted by Gasteiger charge is -2.27. The van der Waals surface area contributed by atoms with Gasteiger partial charge >= 0.3 is 0 Å². The number of piperidine rings is 1. The molecule has 2 bridgehead atoms. The van der Waals surface area contributed by atoms with Crippen molar-refractivity contribution in [1.29, 1.82) is 0 Å². The van der Waals surface area contributed by atoms with Gasteiger partial charge in [-0.25, -0.2) is 8.78 Å². The van der Waals surface area contributed by atoms with Gasteiger partial charge in [0.25, 0.3) is 5.91 Å². The fourth-order valence-corrected chi connectivity index (χ4v) is 3.08. The van der Waals surface area contributed by atoms with Gasteiger partial charge in [0, 0.05) is 12.6 Å². The minimum Gasteiger partial charge on any atom is -0.396 e. The second-order valence-corrected chi connectivity index (χ2v) is 5.12. The molecule has 96 valence electrons. The fraction of sp³-hybridized carbons (Fsp3) is 0.462. The van der Waals surface area contributed by atoms with E-state index in [-0.39, 0.29) is 11.7 Å². The van der Waals surface area contributed by atoms with E-state index in [1.165, 1.54) is 0 Å². The van der Waals surface area contributed by atoms with Crippen LogP contribution >= 0.6 is 0 Å². The van der Waals surface area contributed by atoms with Gasteiger partial charge in [0.2, 0.25) is 0 Å². The molecule has 1 saturated heterocycles. The van der Waals surface area contributed by atoms with Crippen LogP contribution in [0.3, 0.4) is 0 Å². The number of carbonyl (C=O) groups is 1. The number of hydrogen-bond donors (Lipinski definition) is 1. The largest absolute Gasteiger partial charge is 0.396 e. The molecular formula is C13H14F2N2O. The number of fused-ring (bicyclic) bond motifs is 2. The highest BCUT2D eigenvalue weighted by atomic mass is 19.1. The van der Waals surface area contributed by atoms with E-state index in [4.69, 9.17) is 5.73 Å². The molecule has 1 aliphatic heterocycles. The molecule has 1 aromatic rings. The summed E-state index contributed by atoms with van der Waals surface area (Å²) in [4.78, 5) is 13.8. The van der Waals surface area contributed by atoms with Gasteiger partial charge in [-0.1, -0.05) is 0 Å². The van der Waals surface area contributed by atoms with Gasteiger partial charge in [-0.2, -0.15) is 0 Å². The molecule has 1 aromatic carbocycles. The molecule has 1 saturated carbocycles. The van der Waals surface area contributed by atoms with Gasteiger partial charge in [0.15, 0.2) is 5.82 Å². The first-order valence-corrected chi connectivity index (χ1v) is 6.12. The molecule has 1 heterocycles. The number of halogens is 2. The Hall–Kier alpha value is -1.65. The molecular weight excluding hydrogens is 238 g/mol. The van der Waals surface area contributed by atoms with E-state index in [0.29, 0.717) is 12.5 Å². The highest BCUT2D eigenvalue weighted by molar-refractivity contribution is 5.96. The van der Waals surface area contributed by atoms with Crippen molar-refractivity contribution in [2.45, 2.75) is 25.3 Å². The molecule has 0 spiro atoms. The molecule has 2 N–H and O–H groups in total. The first-order chi connectivity index (χ1) is 8.58. The average molecular weight is 252 g/mol. The summed E-state index contributed by atoms with van der Waals surface area (Å²) in [6, 6.07) is 2.32. The van der Waals surface area contributed by atoms with Crippen molar-refractivity contribution in [3.63, 3.8) is 0 Å². The molecule has 5 heteroatoms. The average Bonchev–Trinajstić information content (AvgIpc) is 2.96. The molecule has 2 unspecified atom stereocenters. The third-order valence-electron chi connectivity index (χ3n) is 4.00. The summed E-state index contributed by atoms with van der Waals surface area (Å²) in [6.45, 7) is 0.608. The van der Waals surface area contributed by atoms with Crippen LogP contribution in [0, 0.1) is 17.6 Å². The highest BCUT2D eigenvalue weighted by Gasteiger charge is 2.41. The van der Waals surface area contributed by atoms with Crippen LogP contribution in [0.1, 0.15) is 29.6 Å². The first-order valence-electron chi connectivity index (χ1n) is 6.12. The zero-order valence-corrected chi connectivity index (χ0v) is 9.83. The number of likely N-dealkylation sites (tertiary alicyclic amines) is 1. The van der Waals surface area contributed by atoms with Gasteiger partial charge in [0.1, 0.15) is 11.4 Å². The van der Waals surface area contributed by atoms with Crippen LogP contribution in [-0.4, -0.2) is 23.4 Å². The number of amides is 1. The Kier molecular flexibility index (Phi) is 2.50. The van der Waals surface area contributed by atoms with Crippen molar-refractivity contribution < 1.29 is 13.6 Å². The Morgan fingerprint density at radius 2 is 2.11 bits per heavy atom. The number of anilines is 1. The first kappa shape index (κ1) is 11.4. The number of carbonyl (C=O) groups excluding carboxylic acids is 1. The molecule has 3 rings (SSSR count). The van der Waals surface area contributed by atoms with E-state index >= 15 is 0 Å². The number of nitrogens with zero attached hydrogens (tertiary/aromatic N) is 1. The van der Waals surface area contributed by atoms with Crippen LogP contribution in [0.15, 0.2) is 12.1 Å². The van der Waals surface area contributed by atoms with E-state index in [0.717, 1.165) is 31.4 Å². The lowest BCUT2D eigenvalue weighted by molar-refractivity contribution is 0.0694. The van der Waals surface area contributed by atoms with Crippen LogP contribution in [0.5, 0.6) is 0 Å². The lowest BCUT2D eigenvalue weighted by Crippen LogP contribution is -2.38. The standard InChI is InChI=1S/C13H14F2N2O/c14-9-3-4-10(16)12(15)11(9)13(18)17-6-7-1-2-8(17)5-7/h3-4,7-8H,1-2,5-6,16H2. The maximum atomic E-state index is 13.8. The molecule has 2 aliphatic rings. The van der Waals surface area contributed by atoms with Crippen molar-refractivity contribution in [3.8, 4) is 0 Å². The molecule has 3 nitrogen and oxygen atoms in total. The summed E-state index contributed by atoms with van der Waals surface area (Å²) in [5, 5.41) is 0. The van der Waals surface area contributed by atoms with Crippen LogP contribution < -0.4 is 5.73 Å². The Balaban J connectivity index is 1.96. The Bertz CT molecular complexity index is 518. The second kappa shape index (κ2) is 3.93. The number of rotatable bonds is 1. The van der Waals surface area contributed by atoms with Crippen LogP contribution in [0.25, 0.3) is 0 Å². The summed E-state index contributed by atoms with van der Waals surface area (Å²) in [5.74, 6) is -1.85. The summed E-state index contributed by atoms with van der Waals surface area (Å²) in [7, 11) is 0. The van der Waals surface area contributed by atoms with Gasteiger partial charge in [0.05, 0.1) is 5.69 Å². The van der Waals surface area contributed by atoms with Crippen LogP contribution in [0.2, 0.25) is 0 Å². The normalized spacial score (nSPS) is 25.8. The molecule has 1 aliphatic carbocycles. The summed E-state index contributed by atoms with van der Waals surface area (Å²) < 4.78 is 27.4. The van der Waals surface area contributed by atoms with Crippen LogP contribution in [-0.2, 0) is 0 Å². The smallest absolute Gasteiger partial charge is 0.260 e. The molecule has 18 heavy (non-hydrogen) atoms. The van der Waals surface area contributed by atoms with Crippen molar-refractivity contribution >= 4 is 11.6 Å². The second-order valence-electron chi connectivity index (χ2n) is 5.12. The predicted octanol–water partition coefficient (Wildman–Crippen LogP) is 2.17. The maximum Gasteiger partial charge on any atom is 0.260 e. The molecule has 2 atom stereocenters. The highest BCUT2D eigenvalue weighted by Crippen LogP contribution is 2.38. The third-order valence-corrected chi connectivity index (χ3v) is 4.00. The van der Waals surface area contributed by atoms with Crippen molar-refractivity contribution in [3.05, 3.63) is 29.3 Å². The number of hydrogen-bond acceptors (Lipinski definition) is 2. The SMILES string of the molecule is Nc1ccc(F)c(C(=O)N2CC3CCC2C3)c1F. The van der Waals surface area contributed by atoms with Crippen LogP contribution in [0.4, 0.5) is 14.5 Å². The van der Waals surface area contributed by atoms with Crippen molar-refractivity contribution in [2.75, 3.05) is 12.3 Å². The summed E-state index contributed by atoms with van der Waals surface area (Å²) in [6.07, 6.45) is 3.00. The number of benzene rings is 1. The van der Waals surface area contributed by atoms with Crippen molar-refractivity contribution in [1.82, 2.24) is 4.90 Å². The molecule has 2 fully saturated rings. The quantitative estimate of drug-likeness (QED) is 0.779.